The molecule has 0 saturated heterocycles. The number of nitrogens with one attached hydrogen (secondary N) is 2. The van der Waals surface area contributed by atoms with Crippen LogP contribution in [0.4, 0.5) is 14.5 Å². The van der Waals surface area contributed by atoms with Gasteiger partial charge in [-0.2, -0.15) is 0 Å². The van der Waals surface area contributed by atoms with Gasteiger partial charge in [0.1, 0.15) is 12.4 Å². The summed E-state index contributed by atoms with van der Waals surface area (Å²) in [4.78, 5) is 25.8. The Kier molecular flexibility index (Phi) is 7.14. The Morgan fingerprint density at radius 3 is 2.85 bits per heavy atom. The van der Waals surface area contributed by atoms with Crippen LogP contribution in [0.15, 0.2) is 18.2 Å². The summed E-state index contributed by atoms with van der Waals surface area (Å²) < 4.78 is 34.9. The lowest BCUT2D eigenvalue weighted by Crippen LogP contribution is -2.44. The molecule has 1 aromatic rings. The SMILES string of the molecule is COCCNC(=O)c1ccc2c(c1)N(C)[C@H](CC(=O)NCC(F)F)CO2. The smallest absolute Gasteiger partial charge is 0.255 e. The molecule has 0 fully saturated rings. The van der Waals surface area contributed by atoms with Crippen LogP contribution in [0.5, 0.6) is 5.75 Å². The summed E-state index contributed by atoms with van der Waals surface area (Å²) in [7, 11) is 3.33. The van der Waals surface area contributed by atoms with Gasteiger partial charge in [0.2, 0.25) is 5.91 Å². The second kappa shape index (κ2) is 9.33. The third-order valence-electron chi connectivity index (χ3n) is 4.05. The van der Waals surface area contributed by atoms with Crippen LogP contribution in [-0.2, 0) is 9.53 Å². The van der Waals surface area contributed by atoms with Crippen molar-refractivity contribution in [2.75, 3.05) is 45.4 Å². The van der Waals surface area contributed by atoms with E-state index in [1.165, 1.54) is 0 Å². The lowest BCUT2D eigenvalue weighted by atomic mass is 10.1. The highest BCUT2D eigenvalue weighted by molar-refractivity contribution is 5.95. The lowest BCUT2D eigenvalue weighted by molar-refractivity contribution is -0.122. The molecule has 1 atom stereocenters. The first-order valence-corrected chi connectivity index (χ1v) is 8.24. The molecule has 0 bridgehead atoms. The first kappa shape index (κ1) is 19.9. The summed E-state index contributed by atoms with van der Waals surface area (Å²) in [6, 6.07) is 4.72. The average Bonchev–Trinajstić information content (AvgIpc) is 2.62. The lowest BCUT2D eigenvalue weighted by Gasteiger charge is -2.35. The number of methoxy groups -OCH3 is 1. The monoisotopic (exact) mass is 371 g/mol. The largest absolute Gasteiger partial charge is 0.489 e. The minimum atomic E-state index is -2.58. The van der Waals surface area contributed by atoms with E-state index in [9.17, 15) is 18.4 Å². The van der Waals surface area contributed by atoms with Crippen LogP contribution < -0.4 is 20.3 Å². The fraction of sp³-hybridized carbons (Fsp3) is 0.529. The van der Waals surface area contributed by atoms with Crippen LogP contribution in [-0.4, -0.2) is 64.7 Å². The van der Waals surface area contributed by atoms with E-state index in [1.807, 2.05) is 4.90 Å². The Bertz CT molecular complexity index is 642. The van der Waals surface area contributed by atoms with Crippen LogP contribution >= 0.6 is 0 Å². The van der Waals surface area contributed by atoms with Gasteiger partial charge in [0.05, 0.1) is 31.3 Å². The summed E-state index contributed by atoms with van der Waals surface area (Å²) in [5, 5.41) is 4.92. The molecular weight excluding hydrogens is 348 g/mol. The van der Waals surface area contributed by atoms with Crippen molar-refractivity contribution >= 4 is 17.5 Å². The number of benzene rings is 1. The van der Waals surface area contributed by atoms with Gasteiger partial charge in [-0.1, -0.05) is 0 Å². The quantitative estimate of drug-likeness (QED) is 0.668. The molecule has 0 spiro atoms. The maximum atomic E-state index is 12.2. The first-order valence-electron chi connectivity index (χ1n) is 8.24. The minimum Gasteiger partial charge on any atom is -0.489 e. The molecule has 9 heteroatoms. The van der Waals surface area contributed by atoms with Gasteiger partial charge < -0.3 is 25.0 Å². The second-order valence-corrected chi connectivity index (χ2v) is 5.91. The predicted molar refractivity (Wildman–Crippen MR) is 92.0 cm³/mol. The zero-order valence-electron chi connectivity index (χ0n) is 14.8. The Morgan fingerprint density at radius 1 is 1.38 bits per heavy atom. The summed E-state index contributed by atoms with van der Waals surface area (Å²) in [6.07, 6.45) is -2.56. The number of carbonyl (C=O) groups is 2. The van der Waals surface area contributed by atoms with Crippen molar-refractivity contribution in [1.29, 1.82) is 0 Å². The van der Waals surface area contributed by atoms with Crippen LogP contribution in [0.3, 0.4) is 0 Å². The number of nitrogens with zero attached hydrogens (tertiary/aromatic N) is 1. The number of anilines is 1. The predicted octanol–water partition coefficient (Wildman–Crippen LogP) is 1.03. The van der Waals surface area contributed by atoms with E-state index in [2.05, 4.69) is 10.6 Å². The van der Waals surface area contributed by atoms with Crippen LogP contribution in [0.2, 0.25) is 0 Å². The van der Waals surface area contributed by atoms with Crippen molar-refractivity contribution < 1.29 is 27.8 Å². The molecule has 0 aliphatic carbocycles. The maximum Gasteiger partial charge on any atom is 0.255 e. The Morgan fingerprint density at radius 2 is 2.15 bits per heavy atom. The normalized spacial score (nSPS) is 16.0. The Labute approximate surface area is 150 Å². The summed E-state index contributed by atoms with van der Waals surface area (Å²) in [5.74, 6) is -0.108. The van der Waals surface area contributed by atoms with Crippen molar-refractivity contribution in [2.45, 2.75) is 18.9 Å². The fourth-order valence-corrected chi connectivity index (χ4v) is 2.59. The van der Waals surface area contributed by atoms with Crippen LogP contribution in [0, 0.1) is 0 Å². The first-order chi connectivity index (χ1) is 12.4. The van der Waals surface area contributed by atoms with Crippen LogP contribution in [0.25, 0.3) is 0 Å². The standard InChI is InChI=1S/C17H23F2N3O4/c1-22-12(8-16(23)21-9-15(18)19)10-26-14-4-3-11(7-13(14)22)17(24)20-5-6-25-2/h3-4,7,12,15H,5-6,8-10H2,1-2H3,(H,20,24)(H,21,23)/t12-/m1/s1. The van der Waals surface area contributed by atoms with E-state index in [1.54, 1.807) is 32.4 Å². The van der Waals surface area contributed by atoms with E-state index in [0.717, 1.165) is 0 Å². The molecule has 0 radical (unpaired) electrons. The van der Waals surface area contributed by atoms with E-state index in [4.69, 9.17) is 9.47 Å². The van der Waals surface area contributed by atoms with Crippen molar-refractivity contribution in [3.63, 3.8) is 0 Å². The molecule has 1 aliphatic rings. The number of hydrogen-bond acceptors (Lipinski definition) is 5. The topological polar surface area (TPSA) is 79.9 Å². The van der Waals surface area contributed by atoms with E-state index >= 15 is 0 Å². The number of ether oxygens (including phenoxy) is 2. The van der Waals surface area contributed by atoms with Crippen molar-refractivity contribution in [2.24, 2.45) is 0 Å². The summed E-state index contributed by atoms with van der Waals surface area (Å²) in [5.41, 5.74) is 1.13. The van der Waals surface area contributed by atoms with Gasteiger partial charge in [-0.15, -0.1) is 0 Å². The zero-order chi connectivity index (χ0) is 19.1. The number of alkyl halides is 2. The highest BCUT2D eigenvalue weighted by Gasteiger charge is 2.27. The second-order valence-electron chi connectivity index (χ2n) is 5.91. The number of halogens is 2. The summed E-state index contributed by atoms with van der Waals surface area (Å²) >= 11 is 0. The molecule has 1 aromatic carbocycles. The highest BCUT2D eigenvalue weighted by Crippen LogP contribution is 2.34. The zero-order valence-corrected chi connectivity index (χ0v) is 14.8. The third kappa shape index (κ3) is 5.29. The van der Waals surface area contributed by atoms with E-state index < -0.39 is 18.9 Å². The Balaban J connectivity index is 2.03. The molecule has 7 nitrogen and oxygen atoms in total. The van der Waals surface area contributed by atoms with E-state index in [0.29, 0.717) is 30.2 Å². The minimum absolute atomic E-state index is 0.0208. The van der Waals surface area contributed by atoms with Crippen molar-refractivity contribution in [3.8, 4) is 5.75 Å². The van der Waals surface area contributed by atoms with Gasteiger partial charge in [0, 0.05) is 26.3 Å². The Hall–Kier alpha value is -2.42. The molecule has 0 unspecified atom stereocenters. The molecule has 2 amide bonds. The molecule has 0 saturated carbocycles. The number of rotatable bonds is 8. The van der Waals surface area contributed by atoms with Gasteiger partial charge in [-0.3, -0.25) is 9.59 Å². The number of carbonyl (C=O) groups excluding carboxylic acids is 2. The molecule has 2 N–H and O–H groups in total. The molecule has 1 heterocycles. The average molecular weight is 371 g/mol. The van der Waals surface area contributed by atoms with Gasteiger partial charge in [0.15, 0.2) is 0 Å². The molecular formula is C17H23F2N3O4. The fourth-order valence-electron chi connectivity index (χ4n) is 2.59. The van der Waals surface area contributed by atoms with Gasteiger partial charge >= 0.3 is 0 Å². The van der Waals surface area contributed by atoms with Crippen molar-refractivity contribution in [3.05, 3.63) is 23.8 Å². The summed E-state index contributed by atoms with van der Waals surface area (Å²) in [6.45, 7) is 0.394. The molecule has 2 rings (SSSR count). The van der Waals surface area contributed by atoms with Crippen LogP contribution in [0.1, 0.15) is 16.8 Å². The number of fused-ring (bicyclic) bond motifs is 1. The maximum absolute atomic E-state index is 12.2. The van der Waals surface area contributed by atoms with Crippen molar-refractivity contribution in [1.82, 2.24) is 10.6 Å². The number of hydrogen-bond donors (Lipinski definition) is 2. The van der Waals surface area contributed by atoms with E-state index in [-0.39, 0.29) is 25.0 Å². The van der Waals surface area contributed by atoms with Gasteiger partial charge in [-0.05, 0) is 18.2 Å². The van der Waals surface area contributed by atoms with Gasteiger partial charge in [0.25, 0.3) is 12.3 Å². The molecule has 144 valence electrons. The van der Waals surface area contributed by atoms with Gasteiger partial charge in [-0.25, -0.2) is 8.78 Å². The molecule has 1 aliphatic heterocycles. The number of amides is 2. The third-order valence-corrected chi connectivity index (χ3v) is 4.05. The molecule has 26 heavy (non-hydrogen) atoms. The highest BCUT2D eigenvalue weighted by atomic mass is 19.3. The number of likely N-dealkylation sites (N-methyl/N-ethyl adjacent to an activating group) is 1. The molecule has 0 aromatic heterocycles.